The van der Waals surface area contributed by atoms with Gasteiger partial charge in [-0.3, -0.25) is 10.1 Å². The lowest BCUT2D eigenvalue weighted by atomic mass is 10.1. The van der Waals surface area contributed by atoms with Crippen molar-refractivity contribution in [3.05, 3.63) is 95.6 Å². The van der Waals surface area contributed by atoms with Crippen molar-refractivity contribution in [2.24, 2.45) is 0 Å². The standard InChI is InChI=1S/C23H14F5N7O/c24-15-5-1-13(2-6-15)11-34-12-29-22(33-34)31-21(36)18-10-20-30-17(14-3-7-16(25)8-4-14)9-19(23(26,27)28)35(20)32-18/h1-10,12H,11H2,(H,31,33,36). The molecule has 5 aromatic rings. The summed E-state index contributed by atoms with van der Waals surface area (Å²) in [6.45, 7) is 0.253. The van der Waals surface area contributed by atoms with Crippen molar-refractivity contribution in [3.8, 4) is 11.3 Å². The summed E-state index contributed by atoms with van der Waals surface area (Å²) in [5.41, 5.74) is -0.812. The summed E-state index contributed by atoms with van der Waals surface area (Å²) < 4.78 is 69.4. The molecule has 0 bridgehead atoms. The van der Waals surface area contributed by atoms with Crippen molar-refractivity contribution >= 4 is 17.5 Å². The molecule has 0 unspecified atom stereocenters. The highest BCUT2D eigenvalue weighted by molar-refractivity contribution is 6.02. The minimum absolute atomic E-state index is 0.0668. The van der Waals surface area contributed by atoms with Gasteiger partial charge in [-0.2, -0.15) is 18.3 Å². The molecule has 0 aliphatic heterocycles. The van der Waals surface area contributed by atoms with E-state index >= 15 is 0 Å². The first-order valence-corrected chi connectivity index (χ1v) is 10.3. The molecule has 0 aliphatic rings. The number of halogens is 5. The molecular formula is C23H14F5N7O. The zero-order valence-electron chi connectivity index (χ0n) is 18.0. The molecule has 1 N–H and O–H groups in total. The summed E-state index contributed by atoms with van der Waals surface area (Å²) in [5, 5.41) is 10.2. The molecule has 1 amide bonds. The van der Waals surface area contributed by atoms with Crippen LogP contribution in [-0.2, 0) is 12.7 Å². The van der Waals surface area contributed by atoms with Crippen molar-refractivity contribution in [2.75, 3.05) is 5.32 Å². The van der Waals surface area contributed by atoms with Crippen molar-refractivity contribution in [1.29, 1.82) is 0 Å². The molecule has 36 heavy (non-hydrogen) atoms. The average Bonchev–Trinajstić information content (AvgIpc) is 3.46. The second kappa shape index (κ2) is 8.83. The predicted octanol–water partition coefficient (Wildman–Crippen LogP) is 4.59. The normalized spacial score (nSPS) is 11.7. The third-order valence-electron chi connectivity index (χ3n) is 5.11. The van der Waals surface area contributed by atoms with Crippen molar-refractivity contribution < 1.29 is 26.7 Å². The number of anilines is 1. The Morgan fingerprint density at radius 2 is 1.58 bits per heavy atom. The van der Waals surface area contributed by atoms with Crippen LogP contribution in [0.25, 0.3) is 16.9 Å². The zero-order valence-corrected chi connectivity index (χ0v) is 18.0. The van der Waals surface area contributed by atoms with Gasteiger partial charge in [-0.15, -0.1) is 5.10 Å². The molecule has 0 saturated heterocycles. The number of aromatic nitrogens is 6. The maximum absolute atomic E-state index is 13.7. The molecule has 0 radical (unpaired) electrons. The van der Waals surface area contributed by atoms with Crippen molar-refractivity contribution in [3.63, 3.8) is 0 Å². The van der Waals surface area contributed by atoms with Crippen LogP contribution in [0.5, 0.6) is 0 Å². The monoisotopic (exact) mass is 499 g/mol. The fraction of sp³-hybridized carbons (Fsp3) is 0.0870. The lowest BCUT2D eigenvalue weighted by Crippen LogP contribution is -2.16. The van der Waals surface area contributed by atoms with Crippen LogP contribution in [-0.4, -0.2) is 35.3 Å². The van der Waals surface area contributed by atoms with E-state index in [-0.39, 0.29) is 40.9 Å². The number of alkyl halides is 3. The molecule has 0 spiro atoms. The molecule has 0 atom stereocenters. The average molecular weight is 499 g/mol. The van der Waals surface area contributed by atoms with E-state index in [4.69, 9.17) is 0 Å². The van der Waals surface area contributed by atoms with Crippen LogP contribution in [0, 0.1) is 11.6 Å². The number of benzene rings is 2. The third kappa shape index (κ3) is 4.76. The predicted molar refractivity (Wildman–Crippen MR) is 117 cm³/mol. The van der Waals surface area contributed by atoms with Gasteiger partial charge < -0.3 is 0 Å². The number of amides is 1. The first-order chi connectivity index (χ1) is 17.2. The molecule has 0 fully saturated rings. The Balaban J connectivity index is 1.42. The summed E-state index contributed by atoms with van der Waals surface area (Å²) >= 11 is 0. The van der Waals surface area contributed by atoms with Gasteiger partial charge in [0.15, 0.2) is 17.0 Å². The number of hydrogen-bond donors (Lipinski definition) is 1. The number of carbonyl (C=O) groups excluding carboxylic acids is 1. The first kappa shape index (κ1) is 23.1. The molecule has 182 valence electrons. The van der Waals surface area contributed by atoms with Gasteiger partial charge in [0.1, 0.15) is 18.0 Å². The zero-order chi connectivity index (χ0) is 25.4. The third-order valence-corrected chi connectivity index (χ3v) is 5.11. The van der Waals surface area contributed by atoms with E-state index in [1.165, 1.54) is 35.3 Å². The van der Waals surface area contributed by atoms with Gasteiger partial charge in [0, 0.05) is 11.6 Å². The highest BCUT2D eigenvalue weighted by Crippen LogP contribution is 2.32. The Bertz CT molecular complexity index is 1560. The van der Waals surface area contributed by atoms with Gasteiger partial charge in [-0.05, 0) is 48.0 Å². The molecule has 5 rings (SSSR count). The van der Waals surface area contributed by atoms with Gasteiger partial charge >= 0.3 is 6.18 Å². The Hall–Kier alpha value is -4.68. The maximum atomic E-state index is 13.7. The Kier molecular flexibility index (Phi) is 5.66. The second-order valence-corrected chi connectivity index (χ2v) is 7.68. The first-order valence-electron chi connectivity index (χ1n) is 10.3. The van der Waals surface area contributed by atoms with Crippen LogP contribution in [0.4, 0.5) is 27.9 Å². The second-order valence-electron chi connectivity index (χ2n) is 7.68. The maximum Gasteiger partial charge on any atom is 0.433 e. The number of nitrogens with zero attached hydrogens (tertiary/aromatic N) is 6. The summed E-state index contributed by atoms with van der Waals surface area (Å²) in [6, 6.07) is 12.4. The van der Waals surface area contributed by atoms with Gasteiger partial charge in [0.05, 0.1) is 12.2 Å². The Labute approximate surface area is 199 Å². The minimum atomic E-state index is -4.81. The Morgan fingerprint density at radius 1 is 0.917 bits per heavy atom. The highest BCUT2D eigenvalue weighted by atomic mass is 19.4. The van der Waals surface area contributed by atoms with E-state index in [0.717, 1.165) is 29.8 Å². The van der Waals surface area contributed by atoms with Crippen LogP contribution in [0.3, 0.4) is 0 Å². The molecule has 8 nitrogen and oxygen atoms in total. The summed E-state index contributed by atoms with van der Waals surface area (Å²) in [5.74, 6) is -1.88. The Morgan fingerprint density at radius 3 is 2.25 bits per heavy atom. The van der Waals surface area contributed by atoms with Crippen molar-refractivity contribution in [1.82, 2.24) is 29.4 Å². The van der Waals surface area contributed by atoms with E-state index in [2.05, 4.69) is 25.5 Å². The number of carbonyl (C=O) groups is 1. The van der Waals surface area contributed by atoms with Crippen LogP contribution < -0.4 is 5.32 Å². The molecule has 2 aromatic carbocycles. The summed E-state index contributed by atoms with van der Waals surface area (Å²) in [6.07, 6.45) is -3.47. The van der Waals surface area contributed by atoms with Gasteiger partial charge in [0.25, 0.3) is 5.91 Å². The lowest BCUT2D eigenvalue weighted by molar-refractivity contribution is -0.142. The molecule has 0 saturated carbocycles. The van der Waals surface area contributed by atoms with Gasteiger partial charge in [0.2, 0.25) is 5.95 Å². The fourth-order valence-corrected chi connectivity index (χ4v) is 3.43. The lowest BCUT2D eigenvalue weighted by Gasteiger charge is -2.11. The van der Waals surface area contributed by atoms with Crippen LogP contribution in [0.2, 0.25) is 0 Å². The van der Waals surface area contributed by atoms with E-state index < -0.39 is 23.6 Å². The van der Waals surface area contributed by atoms with E-state index in [1.807, 2.05) is 0 Å². The summed E-state index contributed by atoms with van der Waals surface area (Å²) in [7, 11) is 0. The minimum Gasteiger partial charge on any atom is -0.288 e. The summed E-state index contributed by atoms with van der Waals surface area (Å²) in [4.78, 5) is 20.8. The molecular weight excluding hydrogens is 485 g/mol. The number of fused-ring (bicyclic) bond motifs is 1. The fourth-order valence-electron chi connectivity index (χ4n) is 3.43. The van der Waals surface area contributed by atoms with E-state index in [1.54, 1.807) is 12.1 Å². The van der Waals surface area contributed by atoms with E-state index in [0.29, 0.717) is 4.52 Å². The smallest absolute Gasteiger partial charge is 0.288 e. The highest BCUT2D eigenvalue weighted by Gasteiger charge is 2.35. The SMILES string of the molecule is O=C(Nc1ncn(Cc2ccc(F)cc2)n1)c1cc2nc(-c3ccc(F)cc3)cc(C(F)(F)F)n2n1. The molecule has 3 aromatic heterocycles. The van der Waals surface area contributed by atoms with Crippen LogP contribution >= 0.6 is 0 Å². The molecule has 0 aliphatic carbocycles. The quantitative estimate of drug-likeness (QED) is 0.358. The topological polar surface area (TPSA) is 90.0 Å². The van der Waals surface area contributed by atoms with Crippen LogP contribution in [0.15, 0.2) is 67.0 Å². The van der Waals surface area contributed by atoms with E-state index in [9.17, 15) is 26.7 Å². The molecule has 13 heteroatoms. The van der Waals surface area contributed by atoms with Gasteiger partial charge in [-0.25, -0.2) is 27.9 Å². The largest absolute Gasteiger partial charge is 0.433 e. The number of rotatable bonds is 5. The van der Waals surface area contributed by atoms with Crippen LogP contribution in [0.1, 0.15) is 21.7 Å². The van der Waals surface area contributed by atoms with Gasteiger partial charge in [-0.1, -0.05) is 12.1 Å². The molecule has 3 heterocycles. The van der Waals surface area contributed by atoms with Crippen molar-refractivity contribution in [2.45, 2.75) is 12.7 Å². The number of nitrogens with one attached hydrogen (secondary N) is 1. The number of hydrogen-bond acceptors (Lipinski definition) is 5.